The van der Waals surface area contributed by atoms with E-state index in [4.69, 9.17) is 21.9 Å². The molecule has 1 heterocycles. The van der Waals surface area contributed by atoms with Gasteiger partial charge >= 0.3 is 0 Å². The summed E-state index contributed by atoms with van der Waals surface area (Å²) in [6, 6.07) is 7.36. The fourth-order valence-electron chi connectivity index (χ4n) is 1.59. The van der Waals surface area contributed by atoms with Crippen molar-refractivity contribution in [3.05, 3.63) is 35.2 Å². The second-order valence-electron chi connectivity index (χ2n) is 3.81. The molecule has 0 amide bonds. The molecule has 17 heavy (non-hydrogen) atoms. The first-order chi connectivity index (χ1) is 8.24. The lowest BCUT2D eigenvalue weighted by atomic mass is 10.1. The van der Waals surface area contributed by atoms with Crippen molar-refractivity contribution in [2.75, 3.05) is 6.54 Å². The standard InChI is InChI=1S/C12H14ClN3O/c1-2-8(7-14)12-15-11(16-17-12)9-4-3-5-10(13)6-9/h3-6,8H,2,7,14H2,1H3. The molecule has 0 fully saturated rings. The fraction of sp³-hybridized carbons (Fsp3) is 0.333. The van der Waals surface area contributed by atoms with Crippen LogP contribution in [0.5, 0.6) is 0 Å². The third kappa shape index (κ3) is 2.65. The van der Waals surface area contributed by atoms with E-state index in [0.29, 0.717) is 23.3 Å². The highest BCUT2D eigenvalue weighted by molar-refractivity contribution is 6.30. The number of nitrogens with zero attached hydrogens (tertiary/aromatic N) is 2. The molecule has 1 atom stereocenters. The number of aromatic nitrogens is 2. The molecule has 2 N–H and O–H groups in total. The lowest BCUT2D eigenvalue weighted by molar-refractivity contribution is 0.351. The zero-order valence-electron chi connectivity index (χ0n) is 9.56. The molecule has 5 heteroatoms. The Morgan fingerprint density at radius 1 is 1.47 bits per heavy atom. The highest BCUT2D eigenvalue weighted by Gasteiger charge is 2.16. The summed E-state index contributed by atoms with van der Waals surface area (Å²) in [6.45, 7) is 2.55. The van der Waals surface area contributed by atoms with Crippen LogP contribution in [0.3, 0.4) is 0 Å². The molecular formula is C12H14ClN3O. The van der Waals surface area contributed by atoms with Gasteiger partial charge in [-0.15, -0.1) is 0 Å². The summed E-state index contributed by atoms with van der Waals surface area (Å²) in [5.41, 5.74) is 6.49. The maximum Gasteiger partial charge on any atom is 0.231 e. The summed E-state index contributed by atoms with van der Waals surface area (Å²) in [6.07, 6.45) is 0.883. The number of rotatable bonds is 4. The van der Waals surface area contributed by atoms with Crippen molar-refractivity contribution in [3.8, 4) is 11.4 Å². The van der Waals surface area contributed by atoms with Gasteiger partial charge in [-0.2, -0.15) is 4.98 Å². The molecule has 4 nitrogen and oxygen atoms in total. The van der Waals surface area contributed by atoms with Gasteiger partial charge in [-0.05, 0) is 18.6 Å². The van der Waals surface area contributed by atoms with Gasteiger partial charge in [-0.1, -0.05) is 35.8 Å². The van der Waals surface area contributed by atoms with Crippen LogP contribution in [0, 0.1) is 0 Å². The summed E-state index contributed by atoms with van der Waals surface area (Å²) >= 11 is 5.91. The van der Waals surface area contributed by atoms with E-state index < -0.39 is 0 Å². The highest BCUT2D eigenvalue weighted by atomic mass is 35.5. The van der Waals surface area contributed by atoms with Crippen LogP contribution in [0.4, 0.5) is 0 Å². The average Bonchev–Trinajstić information content (AvgIpc) is 2.80. The van der Waals surface area contributed by atoms with E-state index in [2.05, 4.69) is 10.1 Å². The molecule has 2 aromatic rings. The molecule has 0 saturated carbocycles. The smallest absolute Gasteiger partial charge is 0.231 e. The summed E-state index contributed by atoms with van der Waals surface area (Å²) in [4.78, 5) is 4.35. The second kappa shape index (κ2) is 5.29. The van der Waals surface area contributed by atoms with Crippen molar-refractivity contribution in [2.45, 2.75) is 19.3 Å². The topological polar surface area (TPSA) is 64.9 Å². The summed E-state index contributed by atoms with van der Waals surface area (Å²) < 4.78 is 5.22. The van der Waals surface area contributed by atoms with E-state index >= 15 is 0 Å². The molecule has 0 aliphatic rings. The maximum atomic E-state index is 5.91. The molecule has 2 rings (SSSR count). The van der Waals surface area contributed by atoms with Crippen LogP contribution < -0.4 is 5.73 Å². The molecule has 0 spiro atoms. The Hall–Kier alpha value is -1.39. The van der Waals surface area contributed by atoms with Crippen molar-refractivity contribution < 1.29 is 4.52 Å². The first-order valence-corrected chi connectivity index (χ1v) is 5.92. The molecule has 1 aromatic heterocycles. The predicted molar refractivity (Wildman–Crippen MR) is 66.8 cm³/mol. The van der Waals surface area contributed by atoms with Gasteiger partial charge in [0.1, 0.15) is 0 Å². The van der Waals surface area contributed by atoms with Gasteiger partial charge in [0, 0.05) is 17.1 Å². The largest absolute Gasteiger partial charge is 0.339 e. The van der Waals surface area contributed by atoms with Crippen LogP contribution >= 0.6 is 11.6 Å². The molecular weight excluding hydrogens is 238 g/mol. The van der Waals surface area contributed by atoms with Crippen LogP contribution in [-0.4, -0.2) is 16.7 Å². The summed E-state index contributed by atoms with van der Waals surface area (Å²) in [5, 5.41) is 4.60. The normalized spacial score (nSPS) is 12.6. The Bertz CT molecular complexity index is 494. The average molecular weight is 252 g/mol. The maximum absolute atomic E-state index is 5.91. The van der Waals surface area contributed by atoms with Gasteiger partial charge in [-0.3, -0.25) is 0 Å². The predicted octanol–water partition coefficient (Wildman–Crippen LogP) is 2.84. The van der Waals surface area contributed by atoms with Crippen molar-refractivity contribution in [1.29, 1.82) is 0 Å². The van der Waals surface area contributed by atoms with Crippen LogP contribution in [0.2, 0.25) is 5.02 Å². The van der Waals surface area contributed by atoms with Gasteiger partial charge in [0.05, 0.1) is 5.92 Å². The van der Waals surface area contributed by atoms with Crippen LogP contribution in [0.25, 0.3) is 11.4 Å². The Kier molecular flexibility index (Phi) is 3.76. The molecule has 0 aliphatic heterocycles. The Balaban J connectivity index is 2.29. The lowest BCUT2D eigenvalue weighted by Gasteiger charge is -2.04. The van der Waals surface area contributed by atoms with Gasteiger partial charge in [-0.25, -0.2) is 0 Å². The van der Waals surface area contributed by atoms with E-state index in [1.54, 1.807) is 12.1 Å². The first-order valence-electron chi connectivity index (χ1n) is 5.54. The minimum absolute atomic E-state index is 0.121. The minimum Gasteiger partial charge on any atom is -0.339 e. The number of benzene rings is 1. The molecule has 90 valence electrons. The van der Waals surface area contributed by atoms with Gasteiger partial charge in [0.15, 0.2) is 0 Å². The Morgan fingerprint density at radius 3 is 2.94 bits per heavy atom. The van der Waals surface area contributed by atoms with Crippen molar-refractivity contribution in [1.82, 2.24) is 10.1 Å². The van der Waals surface area contributed by atoms with Crippen LogP contribution in [-0.2, 0) is 0 Å². The third-order valence-corrected chi connectivity index (χ3v) is 2.89. The Labute approximate surface area is 105 Å². The van der Waals surface area contributed by atoms with Gasteiger partial charge < -0.3 is 10.3 Å². The van der Waals surface area contributed by atoms with E-state index in [1.165, 1.54) is 0 Å². The second-order valence-corrected chi connectivity index (χ2v) is 4.24. The van der Waals surface area contributed by atoms with E-state index in [9.17, 15) is 0 Å². The van der Waals surface area contributed by atoms with Crippen molar-refractivity contribution >= 4 is 11.6 Å². The van der Waals surface area contributed by atoms with Crippen molar-refractivity contribution in [3.63, 3.8) is 0 Å². The third-order valence-electron chi connectivity index (χ3n) is 2.65. The van der Waals surface area contributed by atoms with E-state index in [0.717, 1.165) is 12.0 Å². The number of nitrogens with two attached hydrogens (primary N) is 1. The van der Waals surface area contributed by atoms with Gasteiger partial charge in [0.2, 0.25) is 11.7 Å². The van der Waals surface area contributed by atoms with Crippen LogP contribution in [0.1, 0.15) is 25.2 Å². The van der Waals surface area contributed by atoms with E-state index in [1.807, 2.05) is 19.1 Å². The molecule has 0 aliphatic carbocycles. The number of hydrogen-bond acceptors (Lipinski definition) is 4. The summed E-state index contributed by atoms with van der Waals surface area (Å²) in [5.74, 6) is 1.26. The molecule has 1 unspecified atom stereocenters. The quantitative estimate of drug-likeness (QED) is 0.908. The fourth-order valence-corrected chi connectivity index (χ4v) is 1.78. The first kappa shape index (κ1) is 12.1. The van der Waals surface area contributed by atoms with Gasteiger partial charge in [0.25, 0.3) is 0 Å². The lowest BCUT2D eigenvalue weighted by Crippen LogP contribution is -2.11. The SMILES string of the molecule is CCC(CN)c1nc(-c2cccc(Cl)c2)no1. The van der Waals surface area contributed by atoms with Crippen molar-refractivity contribution in [2.24, 2.45) is 5.73 Å². The molecule has 0 radical (unpaired) electrons. The number of halogens is 1. The van der Waals surface area contributed by atoms with Crippen LogP contribution in [0.15, 0.2) is 28.8 Å². The zero-order chi connectivity index (χ0) is 12.3. The molecule has 0 bridgehead atoms. The molecule has 1 aromatic carbocycles. The minimum atomic E-state index is 0.121. The number of hydrogen-bond donors (Lipinski definition) is 1. The van der Waals surface area contributed by atoms with E-state index in [-0.39, 0.29) is 5.92 Å². The Morgan fingerprint density at radius 2 is 2.29 bits per heavy atom. The zero-order valence-corrected chi connectivity index (χ0v) is 10.3. The summed E-state index contributed by atoms with van der Waals surface area (Å²) in [7, 11) is 0. The highest BCUT2D eigenvalue weighted by Crippen LogP contribution is 2.23. The molecule has 0 saturated heterocycles. The monoisotopic (exact) mass is 251 g/mol.